The molecule has 0 saturated heterocycles. The average molecular weight is 384 g/mol. The molecule has 4 aromatic rings. The van der Waals surface area contributed by atoms with Crippen molar-refractivity contribution < 1.29 is 0 Å². The first kappa shape index (κ1) is 15.3. The third-order valence-electron chi connectivity index (χ3n) is 4.00. The lowest BCUT2D eigenvalue weighted by molar-refractivity contribution is 0.327. The summed E-state index contributed by atoms with van der Waals surface area (Å²) in [5.74, 6) is 0. The van der Waals surface area contributed by atoms with E-state index in [2.05, 4.69) is 81.5 Å². The van der Waals surface area contributed by atoms with Gasteiger partial charge in [-0.25, -0.2) is 4.68 Å². The Morgan fingerprint density at radius 2 is 2.00 bits per heavy atom. The number of hydrogen-bond donors (Lipinski definition) is 1. The Morgan fingerprint density at radius 1 is 1.17 bits per heavy atom. The van der Waals surface area contributed by atoms with E-state index < -0.39 is 0 Å². The van der Waals surface area contributed by atoms with Crippen molar-refractivity contribution in [2.75, 3.05) is 0 Å². The highest BCUT2D eigenvalue weighted by atomic mass is 79.9. The number of benzene rings is 2. The molecule has 0 spiro atoms. The summed E-state index contributed by atoms with van der Waals surface area (Å²) in [5, 5.41) is 16.9. The van der Waals surface area contributed by atoms with E-state index in [0.29, 0.717) is 0 Å². The number of hydrogen-bond acceptors (Lipinski definition) is 3. The Labute approximate surface area is 148 Å². The number of aromatic amines is 1. The topological polar surface area (TPSA) is 59.4 Å². The first-order chi connectivity index (χ1) is 11.4. The van der Waals surface area contributed by atoms with Gasteiger partial charge in [0.15, 0.2) is 0 Å². The summed E-state index contributed by atoms with van der Waals surface area (Å²) in [6.45, 7) is 7.43. The van der Waals surface area contributed by atoms with Crippen LogP contribution in [0.1, 0.15) is 20.8 Å². The van der Waals surface area contributed by atoms with Gasteiger partial charge in [0, 0.05) is 11.9 Å². The van der Waals surface area contributed by atoms with E-state index in [9.17, 15) is 0 Å². The maximum atomic E-state index is 4.39. The van der Waals surface area contributed by atoms with Gasteiger partial charge in [-0.1, -0.05) is 38.1 Å². The van der Waals surface area contributed by atoms with Gasteiger partial charge in [0.25, 0.3) is 0 Å². The number of nitrogens with zero attached hydrogens (tertiary/aromatic N) is 4. The molecule has 0 radical (unpaired) electrons. The fourth-order valence-electron chi connectivity index (χ4n) is 2.90. The molecule has 0 aliphatic heterocycles. The lowest BCUT2D eigenvalue weighted by Gasteiger charge is -2.18. The maximum absolute atomic E-state index is 4.39. The van der Waals surface area contributed by atoms with Crippen molar-refractivity contribution in [1.29, 1.82) is 0 Å². The monoisotopic (exact) mass is 383 g/mol. The zero-order chi connectivity index (χ0) is 16.9. The SMILES string of the molecule is CC(C)(C)Cn1nnc2c(Br)c(-c3ccc4[nH]ncc4c3)ccc21. The van der Waals surface area contributed by atoms with Gasteiger partial charge >= 0.3 is 0 Å². The zero-order valence-electron chi connectivity index (χ0n) is 13.8. The smallest absolute Gasteiger partial charge is 0.127 e. The van der Waals surface area contributed by atoms with Crippen LogP contribution in [0, 0.1) is 5.41 Å². The lowest BCUT2D eigenvalue weighted by Crippen LogP contribution is -2.16. The van der Waals surface area contributed by atoms with Crippen LogP contribution in [0.2, 0.25) is 0 Å². The van der Waals surface area contributed by atoms with Gasteiger partial charge in [-0.15, -0.1) is 5.10 Å². The molecule has 2 aromatic carbocycles. The van der Waals surface area contributed by atoms with Crippen LogP contribution in [-0.4, -0.2) is 25.2 Å². The summed E-state index contributed by atoms with van der Waals surface area (Å²) < 4.78 is 2.95. The molecule has 0 aliphatic rings. The summed E-state index contributed by atoms with van der Waals surface area (Å²) in [6, 6.07) is 10.5. The standard InChI is InChI=1S/C18H18BrN5/c1-18(2,3)10-24-15-7-5-13(16(19)17(15)22-23-24)11-4-6-14-12(8-11)9-20-21-14/h4-9H,10H2,1-3H3,(H,20,21). The molecule has 0 fully saturated rings. The molecule has 1 N–H and O–H groups in total. The molecule has 6 heteroatoms. The molecule has 0 aliphatic carbocycles. The third kappa shape index (κ3) is 2.60. The molecular formula is C18H18BrN5. The van der Waals surface area contributed by atoms with Crippen molar-refractivity contribution in [3.8, 4) is 11.1 Å². The Kier molecular flexibility index (Phi) is 3.46. The van der Waals surface area contributed by atoms with Crippen molar-refractivity contribution in [2.24, 2.45) is 5.41 Å². The van der Waals surface area contributed by atoms with Gasteiger partial charge in [0.05, 0.1) is 21.7 Å². The van der Waals surface area contributed by atoms with Crippen molar-refractivity contribution in [3.63, 3.8) is 0 Å². The minimum absolute atomic E-state index is 0.151. The lowest BCUT2D eigenvalue weighted by atomic mass is 9.97. The first-order valence-electron chi connectivity index (χ1n) is 7.88. The quantitative estimate of drug-likeness (QED) is 0.541. The van der Waals surface area contributed by atoms with Crippen LogP contribution in [0.4, 0.5) is 0 Å². The fraction of sp³-hybridized carbons (Fsp3) is 0.278. The van der Waals surface area contributed by atoms with E-state index >= 15 is 0 Å². The number of nitrogens with one attached hydrogen (secondary N) is 1. The molecule has 5 nitrogen and oxygen atoms in total. The molecule has 2 heterocycles. The van der Waals surface area contributed by atoms with Gasteiger partial charge in [0.1, 0.15) is 5.52 Å². The highest BCUT2D eigenvalue weighted by Crippen LogP contribution is 2.35. The normalized spacial score (nSPS) is 12.3. The number of fused-ring (bicyclic) bond motifs is 2. The molecule has 2 aromatic heterocycles. The summed E-state index contributed by atoms with van der Waals surface area (Å²) in [4.78, 5) is 0. The van der Waals surface area contributed by atoms with Crippen molar-refractivity contribution in [3.05, 3.63) is 41.0 Å². The largest absolute Gasteiger partial charge is 0.278 e. The van der Waals surface area contributed by atoms with E-state index in [1.54, 1.807) is 0 Å². The molecule has 122 valence electrons. The highest BCUT2D eigenvalue weighted by molar-refractivity contribution is 9.10. The second-order valence-electron chi connectivity index (χ2n) is 7.27. The molecule has 24 heavy (non-hydrogen) atoms. The van der Waals surface area contributed by atoms with Crippen molar-refractivity contribution in [1.82, 2.24) is 25.2 Å². The fourth-order valence-corrected chi connectivity index (χ4v) is 3.55. The van der Waals surface area contributed by atoms with Crippen molar-refractivity contribution in [2.45, 2.75) is 27.3 Å². The van der Waals surface area contributed by atoms with E-state index in [4.69, 9.17) is 0 Å². The van der Waals surface area contributed by atoms with Crippen LogP contribution in [0.3, 0.4) is 0 Å². The van der Waals surface area contributed by atoms with Gasteiger partial charge in [-0.3, -0.25) is 5.10 Å². The van der Waals surface area contributed by atoms with Gasteiger partial charge < -0.3 is 0 Å². The minimum atomic E-state index is 0.151. The average Bonchev–Trinajstić information content (AvgIpc) is 3.13. The third-order valence-corrected chi connectivity index (χ3v) is 4.80. The predicted octanol–water partition coefficient (Wildman–Crippen LogP) is 4.78. The predicted molar refractivity (Wildman–Crippen MR) is 99.8 cm³/mol. The van der Waals surface area contributed by atoms with Crippen LogP contribution in [0.15, 0.2) is 41.0 Å². The summed E-state index contributed by atoms with van der Waals surface area (Å²) >= 11 is 3.73. The molecule has 0 atom stereocenters. The number of rotatable bonds is 2. The van der Waals surface area contributed by atoms with E-state index in [0.717, 1.165) is 44.1 Å². The maximum Gasteiger partial charge on any atom is 0.127 e. The summed E-state index contributed by atoms with van der Waals surface area (Å²) in [7, 11) is 0. The second kappa shape index (κ2) is 5.41. The number of aromatic nitrogens is 5. The number of H-pyrrole nitrogens is 1. The van der Waals surface area contributed by atoms with Gasteiger partial charge in [0.2, 0.25) is 0 Å². The van der Waals surface area contributed by atoms with Gasteiger partial charge in [-0.2, -0.15) is 5.10 Å². The molecule has 0 bridgehead atoms. The van der Waals surface area contributed by atoms with Crippen molar-refractivity contribution >= 4 is 37.9 Å². The Bertz CT molecular complexity index is 1040. The van der Waals surface area contributed by atoms with Crippen LogP contribution in [0.5, 0.6) is 0 Å². The Balaban J connectivity index is 1.84. The molecule has 0 saturated carbocycles. The Morgan fingerprint density at radius 3 is 2.79 bits per heavy atom. The van der Waals surface area contributed by atoms with Gasteiger partial charge in [-0.05, 0) is 50.7 Å². The first-order valence-corrected chi connectivity index (χ1v) is 8.67. The minimum Gasteiger partial charge on any atom is -0.278 e. The molecular weight excluding hydrogens is 366 g/mol. The van der Waals surface area contributed by atoms with Crippen LogP contribution in [0.25, 0.3) is 33.1 Å². The van der Waals surface area contributed by atoms with Crippen LogP contribution >= 0.6 is 15.9 Å². The van der Waals surface area contributed by atoms with E-state index in [1.807, 2.05) is 16.9 Å². The van der Waals surface area contributed by atoms with E-state index in [1.165, 1.54) is 0 Å². The highest BCUT2D eigenvalue weighted by Gasteiger charge is 2.17. The Hall–Kier alpha value is -2.21. The summed E-state index contributed by atoms with van der Waals surface area (Å²) in [6.07, 6.45) is 1.84. The summed E-state index contributed by atoms with van der Waals surface area (Å²) in [5.41, 5.74) is 5.36. The van der Waals surface area contributed by atoms with E-state index in [-0.39, 0.29) is 5.41 Å². The second-order valence-corrected chi connectivity index (χ2v) is 8.07. The van der Waals surface area contributed by atoms with Crippen LogP contribution in [-0.2, 0) is 6.54 Å². The van der Waals surface area contributed by atoms with Crippen LogP contribution < -0.4 is 0 Å². The zero-order valence-corrected chi connectivity index (χ0v) is 15.4. The molecule has 0 amide bonds. The molecule has 0 unspecified atom stereocenters. The molecule has 4 rings (SSSR count). The number of halogens is 1.